The van der Waals surface area contributed by atoms with Crippen molar-refractivity contribution in [2.45, 2.75) is 31.8 Å². The normalized spacial score (nSPS) is 20.7. The van der Waals surface area contributed by atoms with Gasteiger partial charge in [0.2, 0.25) is 0 Å². The molecule has 1 aliphatic rings. The Hall–Kier alpha value is -1.06. The second kappa shape index (κ2) is 6.21. The van der Waals surface area contributed by atoms with Crippen LogP contribution >= 0.6 is 11.6 Å². The van der Waals surface area contributed by atoms with Gasteiger partial charge in [0, 0.05) is 11.6 Å². The molecule has 98 valence electrons. The Morgan fingerprint density at radius 1 is 1.50 bits per heavy atom. The lowest BCUT2D eigenvalue weighted by atomic mass is 10.0. The molecule has 0 aliphatic carbocycles. The van der Waals surface area contributed by atoms with Gasteiger partial charge in [-0.2, -0.15) is 0 Å². The van der Waals surface area contributed by atoms with E-state index in [0.717, 1.165) is 42.9 Å². The molecule has 0 amide bonds. The maximum absolute atomic E-state index is 11.7. The highest BCUT2D eigenvalue weighted by Crippen LogP contribution is 2.21. The van der Waals surface area contributed by atoms with E-state index in [2.05, 4.69) is 4.90 Å². The Morgan fingerprint density at radius 2 is 2.33 bits per heavy atom. The molecular weight excluding hydrogens is 250 g/mol. The number of hydrogen-bond acceptors (Lipinski definition) is 3. The zero-order valence-electron chi connectivity index (χ0n) is 10.6. The van der Waals surface area contributed by atoms with Crippen LogP contribution in [0.5, 0.6) is 0 Å². The number of benzene rings is 1. The average molecular weight is 268 g/mol. The van der Waals surface area contributed by atoms with E-state index < -0.39 is 0 Å². The molecule has 0 saturated carbocycles. The van der Waals surface area contributed by atoms with E-state index in [1.54, 1.807) is 0 Å². The van der Waals surface area contributed by atoms with Gasteiger partial charge in [-0.15, -0.1) is 0 Å². The third-order valence-electron chi connectivity index (χ3n) is 3.36. The van der Waals surface area contributed by atoms with Crippen molar-refractivity contribution in [2.24, 2.45) is 0 Å². The number of carbonyl (C=O) groups is 1. The highest BCUT2D eigenvalue weighted by molar-refractivity contribution is 6.30. The van der Waals surface area contributed by atoms with Crippen molar-refractivity contribution in [3.63, 3.8) is 0 Å². The summed E-state index contributed by atoms with van der Waals surface area (Å²) < 4.78 is 4.87. The molecule has 18 heavy (non-hydrogen) atoms. The van der Waals surface area contributed by atoms with Crippen LogP contribution in [0.1, 0.15) is 24.8 Å². The highest BCUT2D eigenvalue weighted by Gasteiger charge is 2.29. The van der Waals surface area contributed by atoms with Gasteiger partial charge in [-0.3, -0.25) is 9.69 Å². The predicted molar refractivity (Wildman–Crippen MR) is 71.5 cm³/mol. The lowest BCUT2D eigenvalue weighted by molar-refractivity contribution is -0.148. The first kappa shape index (κ1) is 13.4. The number of ether oxygens (including phenoxy) is 1. The number of methoxy groups -OCH3 is 1. The minimum atomic E-state index is -0.128. The molecule has 0 bridgehead atoms. The fourth-order valence-electron chi connectivity index (χ4n) is 2.45. The molecule has 2 rings (SSSR count). The molecule has 1 heterocycles. The van der Waals surface area contributed by atoms with Crippen LogP contribution in [0.3, 0.4) is 0 Å². The van der Waals surface area contributed by atoms with E-state index >= 15 is 0 Å². The van der Waals surface area contributed by atoms with Crippen molar-refractivity contribution < 1.29 is 9.53 Å². The third kappa shape index (κ3) is 3.24. The van der Waals surface area contributed by atoms with E-state index in [0.29, 0.717) is 0 Å². The monoisotopic (exact) mass is 267 g/mol. The molecule has 1 aromatic rings. The van der Waals surface area contributed by atoms with Crippen LogP contribution in [0.4, 0.5) is 0 Å². The van der Waals surface area contributed by atoms with Gasteiger partial charge in [-0.05, 0) is 37.1 Å². The van der Waals surface area contributed by atoms with Gasteiger partial charge in [0.05, 0.1) is 7.11 Å². The Bertz CT molecular complexity index is 422. The number of hydrogen-bond donors (Lipinski definition) is 0. The van der Waals surface area contributed by atoms with Crippen LogP contribution in [0.25, 0.3) is 0 Å². The van der Waals surface area contributed by atoms with Gasteiger partial charge in [0.25, 0.3) is 0 Å². The van der Waals surface area contributed by atoms with Gasteiger partial charge in [-0.25, -0.2) is 0 Å². The molecule has 1 fully saturated rings. The van der Waals surface area contributed by atoms with Crippen molar-refractivity contribution in [3.8, 4) is 0 Å². The van der Waals surface area contributed by atoms with Crippen LogP contribution in [0.15, 0.2) is 24.3 Å². The van der Waals surface area contributed by atoms with Crippen molar-refractivity contribution >= 4 is 17.6 Å². The lowest BCUT2D eigenvalue weighted by Gasteiger charge is -2.33. The Kier molecular flexibility index (Phi) is 4.61. The quantitative estimate of drug-likeness (QED) is 0.789. The van der Waals surface area contributed by atoms with Gasteiger partial charge in [0.15, 0.2) is 0 Å². The third-order valence-corrected chi connectivity index (χ3v) is 3.60. The Labute approximate surface area is 113 Å². The molecule has 1 saturated heterocycles. The van der Waals surface area contributed by atoms with E-state index in [4.69, 9.17) is 16.3 Å². The second-order valence-electron chi connectivity index (χ2n) is 4.64. The number of carbonyl (C=O) groups excluding carboxylic acids is 1. The molecule has 0 spiro atoms. The summed E-state index contributed by atoms with van der Waals surface area (Å²) in [6.45, 7) is 1.69. The van der Waals surface area contributed by atoms with Gasteiger partial charge in [0.1, 0.15) is 6.04 Å². The topological polar surface area (TPSA) is 29.5 Å². The molecule has 1 unspecified atom stereocenters. The summed E-state index contributed by atoms with van der Waals surface area (Å²) in [5, 5.41) is 0.735. The van der Waals surface area contributed by atoms with E-state index in [-0.39, 0.29) is 12.0 Å². The van der Waals surface area contributed by atoms with Crippen molar-refractivity contribution in [2.75, 3.05) is 13.7 Å². The van der Waals surface area contributed by atoms with Crippen LogP contribution in [0, 0.1) is 0 Å². The summed E-state index contributed by atoms with van der Waals surface area (Å²) in [4.78, 5) is 13.9. The summed E-state index contributed by atoms with van der Waals surface area (Å²) in [6, 6.07) is 7.68. The first-order valence-corrected chi connectivity index (χ1v) is 6.65. The summed E-state index contributed by atoms with van der Waals surface area (Å²) in [5.74, 6) is -0.128. The molecule has 1 aliphatic heterocycles. The van der Waals surface area contributed by atoms with Crippen molar-refractivity contribution in [1.82, 2.24) is 4.90 Å². The summed E-state index contributed by atoms with van der Waals surface area (Å²) in [5.41, 5.74) is 1.14. The number of esters is 1. The van der Waals surface area contributed by atoms with E-state index in [1.165, 1.54) is 7.11 Å². The van der Waals surface area contributed by atoms with Crippen LogP contribution < -0.4 is 0 Å². The van der Waals surface area contributed by atoms with Crippen molar-refractivity contribution in [3.05, 3.63) is 34.9 Å². The fraction of sp³-hybridized carbons (Fsp3) is 0.500. The number of halogens is 1. The van der Waals surface area contributed by atoms with E-state index in [1.807, 2.05) is 24.3 Å². The smallest absolute Gasteiger partial charge is 0.323 e. The van der Waals surface area contributed by atoms with Gasteiger partial charge < -0.3 is 4.74 Å². The largest absolute Gasteiger partial charge is 0.468 e. The number of piperidine rings is 1. The zero-order chi connectivity index (χ0) is 13.0. The molecule has 0 N–H and O–H groups in total. The average Bonchev–Trinajstić information content (AvgIpc) is 2.38. The molecule has 1 atom stereocenters. The molecule has 4 heteroatoms. The zero-order valence-corrected chi connectivity index (χ0v) is 11.3. The molecule has 3 nitrogen and oxygen atoms in total. The van der Waals surface area contributed by atoms with Crippen molar-refractivity contribution in [1.29, 1.82) is 0 Å². The molecular formula is C14H18ClNO2. The fourth-order valence-corrected chi connectivity index (χ4v) is 2.67. The molecule has 0 aromatic heterocycles. The Balaban J connectivity index is 2.07. The SMILES string of the molecule is COC(=O)C1CCCCN1Cc1cccc(Cl)c1. The minimum absolute atomic E-state index is 0.109. The number of rotatable bonds is 3. The predicted octanol–water partition coefficient (Wildman–Crippen LogP) is 2.87. The maximum atomic E-state index is 11.7. The highest BCUT2D eigenvalue weighted by atomic mass is 35.5. The summed E-state index contributed by atoms with van der Waals surface area (Å²) in [7, 11) is 1.45. The van der Waals surface area contributed by atoms with E-state index in [9.17, 15) is 4.79 Å². The minimum Gasteiger partial charge on any atom is -0.468 e. The lowest BCUT2D eigenvalue weighted by Crippen LogP contribution is -2.44. The van der Waals surface area contributed by atoms with Crippen LogP contribution in [-0.4, -0.2) is 30.6 Å². The van der Waals surface area contributed by atoms with Crippen LogP contribution in [0.2, 0.25) is 5.02 Å². The molecule has 0 radical (unpaired) electrons. The van der Waals surface area contributed by atoms with Crippen LogP contribution in [-0.2, 0) is 16.1 Å². The number of likely N-dealkylation sites (tertiary alicyclic amines) is 1. The standard InChI is InChI=1S/C14H18ClNO2/c1-18-14(17)13-7-2-3-8-16(13)10-11-5-4-6-12(15)9-11/h4-6,9,13H,2-3,7-8,10H2,1H3. The van der Waals surface area contributed by atoms with Gasteiger partial charge in [-0.1, -0.05) is 30.2 Å². The first-order chi connectivity index (χ1) is 8.70. The Morgan fingerprint density at radius 3 is 3.06 bits per heavy atom. The van der Waals surface area contributed by atoms with Gasteiger partial charge >= 0.3 is 5.97 Å². The first-order valence-electron chi connectivity index (χ1n) is 6.27. The summed E-state index contributed by atoms with van der Waals surface area (Å²) >= 11 is 5.98. The summed E-state index contributed by atoms with van der Waals surface area (Å²) in [6.07, 6.45) is 3.10. The number of nitrogens with zero attached hydrogens (tertiary/aromatic N) is 1. The molecule has 1 aromatic carbocycles. The second-order valence-corrected chi connectivity index (χ2v) is 5.07. The maximum Gasteiger partial charge on any atom is 0.323 e.